The van der Waals surface area contributed by atoms with Crippen molar-refractivity contribution in [3.05, 3.63) is 5.82 Å². The molecule has 58 valence electrons. The fourth-order valence-electron chi connectivity index (χ4n) is 0.510. The molecular weight excluding hydrogens is 164 g/mol. The molecule has 0 fully saturated rings. The molecule has 5 nitrogen and oxygen atoms in total. The second-order valence-electron chi connectivity index (χ2n) is 1.67. The number of aromatic amines is 1. The minimum Gasteiger partial charge on any atom is -0.388 e. The number of aliphatic hydroxyl groups excluding tert-OH is 1. The standard InChI is InChI=1S/C5H6N4OS/c6-1-2-11-5-7-4(3-10)8-9-5/h10H,2-3H2,(H,7,8,9). The molecule has 0 aliphatic carbocycles. The van der Waals surface area contributed by atoms with Gasteiger partial charge in [-0.25, -0.2) is 4.98 Å². The van der Waals surface area contributed by atoms with Crippen molar-refractivity contribution < 1.29 is 5.11 Å². The van der Waals surface area contributed by atoms with Crippen molar-refractivity contribution >= 4 is 11.8 Å². The van der Waals surface area contributed by atoms with Crippen molar-refractivity contribution in [2.24, 2.45) is 0 Å². The van der Waals surface area contributed by atoms with Crippen molar-refractivity contribution in [3.8, 4) is 6.07 Å². The molecule has 1 heterocycles. The highest BCUT2D eigenvalue weighted by atomic mass is 32.2. The Morgan fingerprint density at radius 2 is 2.55 bits per heavy atom. The minimum absolute atomic E-state index is 0.153. The maximum atomic E-state index is 8.57. The normalized spacial score (nSPS) is 9.45. The van der Waals surface area contributed by atoms with Gasteiger partial charge in [0.15, 0.2) is 5.82 Å². The average molecular weight is 170 g/mol. The number of hydrogen-bond donors (Lipinski definition) is 2. The van der Waals surface area contributed by atoms with Crippen LogP contribution in [0.1, 0.15) is 5.82 Å². The second-order valence-corrected chi connectivity index (χ2v) is 2.61. The van der Waals surface area contributed by atoms with Gasteiger partial charge < -0.3 is 5.11 Å². The molecule has 0 aliphatic heterocycles. The van der Waals surface area contributed by atoms with E-state index in [4.69, 9.17) is 10.4 Å². The molecule has 1 aromatic rings. The van der Waals surface area contributed by atoms with E-state index in [2.05, 4.69) is 15.2 Å². The Hall–Kier alpha value is -1.06. The number of nitrogens with zero attached hydrogens (tertiary/aromatic N) is 3. The lowest BCUT2D eigenvalue weighted by atomic mass is 10.7. The number of H-pyrrole nitrogens is 1. The summed E-state index contributed by atoms with van der Waals surface area (Å²) in [7, 11) is 0. The van der Waals surface area contributed by atoms with E-state index >= 15 is 0 Å². The van der Waals surface area contributed by atoms with Crippen LogP contribution in [-0.4, -0.2) is 26.0 Å². The number of aliphatic hydroxyl groups is 1. The molecule has 0 radical (unpaired) electrons. The molecule has 0 atom stereocenters. The van der Waals surface area contributed by atoms with E-state index in [1.165, 1.54) is 11.8 Å². The summed E-state index contributed by atoms with van der Waals surface area (Å²) >= 11 is 1.23. The predicted molar refractivity (Wildman–Crippen MR) is 38.6 cm³/mol. The van der Waals surface area contributed by atoms with Gasteiger partial charge in [0, 0.05) is 0 Å². The first kappa shape index (κ1) is 8.04. The summed E-state index contributed by atoms with van der Waals surface area (Å²) in [6, 6.07) is 1.95. The van der Waals surface area contributed by atoms with Gasteiger partial charge in [-0.15, -0.1) is 5.10 Å². The van der Waals surface area contributed by atoms with Gasteiger partial charge in [-0.3, -0.25) is 5.10 Å². The molecule has 2 N–H and O–H groups in total. The summed E-state index contributed by atoms with van der Waals surface area (Å²) in [6.07, 6.45) is 0. The molecule has 0 aromatic carbocycles. The number of hydrogen-bond acceptors (Lipinski definition) is 5. The van der Waals surface area contributed by atoms with Crippen molar-refractivity contribution in [2.45, 2.75) is 11.8 Å². The molecule has 0 unspecified atom stereocenters. The van der Waals surface area contributed by atoms with Crippen molar-refractivity contribution in [3.63, 3.8) is 0 Å². The summed E-state index contributed by atoms with van der Waals surface area (Å²) in [5, 5.41) is 23.5. The van der Waals surface area contributed by atoms with Gasteiger partial charge in [-0.2, -0.15) is 5.26 Å². The first-order chi connectivity index (χ1) is 5.36. The zero-order valence-electron chi connectivity index (χ0n) is 5.61. The number of thioether (sulfide) groups is 1. The van der Waals surface area contributed by atoms with Crippen molar-refractivity contribution in [1.29, 1.82) is 5.26 Å². The third kappa shape index (κ3) is 2.22. The third-order valence-corrected chi connectivity index (χ3v) is 1.64. The molecule has 1 aromatic heterocycles. The Morgan fingerprint density at radius 3 is 3.09 bits per heavy atom. The topological polar surface area (TPSA) is 85.6 Å². The van der Waals surface area contributed by atoms with E-state index < -0.39 is 0 Å². The number of nitriles is 1. The maximum Gasteiger partial charge on any atom is 0.209 e. The van der Waals surface area contributed by atoms with E-state index in [9.17, 15) is 0 Å². The largest absolute Gasteiger partial charge is 0.388 e. The SMILES string of the molecule is N#CCSc1n[nH]c(CO)n1. The van der Waals surface area contributed by atoms with E-state index in [0.717, 1.165) is 0 Å². The fourth-order valence-corrected chi connectivity index (χ4v) is 0.988. The highest BCUT2D eigenvalue weighted by Crippen LogP contribution is 2.10. The van der Waals surface area contributed by atoms with Crippen LogP contribution in [-0.2, 0) is 6.61 Å². The predicted octanol–water partition coefficient (Wildman–Crippen LogP) is -0.0873. The molecule has 0 bridgehead atoms. The summed E-state index contributed by atoms with van der Waals surface area (Å²) in [5.41, 5.74) is 0. The molecule has 1 rings (SSSR count). The Bertz CT molecular complexity index is 266. The lowest BCUT2D eigenvalue weighted by Gasteiger charge is -1.83. The van der Waals surface area contributed by atoms with Crippen LogP contribution in [0.2, 0.25) is 0 Å². The van der Waals surface area contributed by atoms with Crippen molar-refractivity contribution in [1.82, 2.24) is 15.2 Å². The molecule has 0 spiro atoms. The van der Waals surface area contributed by atoms with Gasteiger partial charge in [0.2, 0.25) is 5.16 Å². The van der Waals surface area contributed by atoms with Gasteiger partial charge in [0.05, 0.1) is 11.8 Å². The third-order valence-electron chi connectivity index (χ3n) is 0.927. The Balaban J connectivity index is 2.53. The smallest absolute Gasteiger partial charge is 0.209 e. The molecular formula is C5H6N4OS. The molecule has 0 saturated heterocycles. The van der Waals surface area contributed by atoms with Crippen LogP contribution in [0.3, 0.4) is 0 Å². The van der Waals surface area contributed by atoms with Crippen LogP contribution >= 0.6 is 11.8 Å². The Morgan fingerprint density at radius 1 is 1.73 bits per heavy atom. The van der Waals surface area contributed by atoms with Gasteiger partial charge in [-0.1, -0.05) is 11.8 Å². The Kier molecular flexibility index (Phi) is 2.89. The number of rotatable bonds is 3. The quantitative estimate of drug-likeness (QED) is 0.619. The molecule has 0 aliphatic rings. The lowest BCUT2D eigenvalue weighted by Crippen LogP contribution is -1.84. The Labute approximate surface area is 67.5 Å². The maximum absolute atomic E-state index is 8.57. The van der Waals surface area contributed by atoms with Gasteiger partial charge >= 0.3 is 0 Å². The molecule has 0 saturated carbocycles. The van der Waals surface area contributed by atoms with Crippen LogP contribution in [0.4, 0.5) is 0 Å². The van der Waals surface area contributed by atoms with Crippen LogP contribution in [0.5, 0.6) is 0 Å². The first-order valence-electron chi connectivity index (χ1n) is 2.88. The van der Waals surface area contributed by atoms with E-state index in [1.807, 2.05) is 6.07 Å². The minimum atomic E-state index is -0.153. The molecule has 0 amide bonds. The first-order valence-corrected chi connectivity index (χ1v) is 3.87. The molecule has 11 heavy (non-hydrogen) atoms. The fraction of sp³-hybridized carbons (Fsp3) is 0.400. The van der Waals surface area contributed by atoms with Crippen LogP contribution < -0.4 is 0 Å². The highest BCUT2D eigenvalue weighted by Gasteiger charge is 2.00. The number of aromatic nitrogens is 3. The summed E-state index contributed by atoms with van der Waals surface area (Å²) in [6.45, 7) is -0.153. The zero-order chi connectivity index (χ0) is 8.10. The zero-order valence-corrected chi connectivity index (χ0v) is 6.43. The lowest BCUT2D eigenvalue weighted by molar-refractivity contribution is 0.271. The summed E-state index contributed by atoms with van der Waals surface area (Å²) in [4.78, 5) is 3.86. The summed E-state index contributed by atoms with van der Waals surface area (Å²) in [5.74, 6) is 0.744. The van der Waals surface area contributed by atoms with Gasteiger partial charge in [0.25, 0.3) is 0 Å². The van der Waals surface area contributed by atoms with Crippen LogP contribution in [0, 0.1) is 11.3 Å². The number of nitrogens with one attached hydrogen (secondary N) is 1. The van der Waals surface area contributed by atoms with Crippen LogP contribution in [0.15, 0.2) is 5.16 Å². The average Bonchev–Trinajstić information content (AvgIpc) is 2.48. The van der Waals surface area contributed by atoms with E-state index in [0.29, 0.717) is 16.7 Å². The monoisotopic (exact) mass is 170 g/mol. The summed E-state index contributed by atoms with van der Waals surface area (Å²) < 4.78 is 0. The van der Waals surface area contributed by atoms with E-state index in [-0.39, 0.29) is 6.61 Å². The van der Waals surface area contributed by atoms with Gasteiger partial charge in [-0.05, 0) is 0 Å². The molecule has 6 heteroatoms. The second kappa shape index (κ2) is 3.95. The van der Waals surface area contributed by atoms with Crippen LogP contribution in [0.25, 0.3) is 0 Å². The van der Waals surface area contributed by atoms with E-state index in [1.54, 1.807) is 0 Å². The van der Waals surface area contributed by atoms with Crippen molar-refractivity contribution in [2.75, 3.05) is 5.75 Å². The van der Waals surface area contributed by atoms with Gasteiger partial charge in [0.1, 0.15) is 6.61 Å². The highest BCUT2D eigenvalue weighted by molar-refractivity contribution is 7.99.